The number of hydrogen-bond donors (Lipinski definition) is 8. The fourth-order valence-corrected chi connectivity index (χ4v) is 2.59. The van der Waals surface area contributed by atoms with E-state index < -0.39 is 74.6 Å². The Balaban J connectivity index is 2.07. The van der Waals surface area contributed by atoms with Crippen molar-refractivity contribution in [2.45, 2.75) is 61.4 Å². The van der Waals surface area contributed by atoms with E-state index in [1.165, 1.54) is 0 Å². The molecule has 2 saturated heterocycles. The van der Waals surface area contributed by atoms with Crippen LogP contribution in [0.2, 0.25) is 0 Å². The van der Waals surface area contributed by atoms with Gasteiger partial charge in [0.2, 0.25) is 0 Å². The molecule has 23 heavy (non-hydrogen) atoms. The SMILES string of the molecule is OC[C@@H](O)[C@@H]1O[C@@H](O[C@H]2[C@H](O)[C@@H](CO)OC(O)[C@H]2O)[C@H](O)[C@H]1O. The molecule has 136 valence electrons. The van der Waals surface area contributed by atoms with Gasteiger partial charge in [0.15, 0.2) is 12.6 Å². The van der Waals surface area contributed by atoms with Gasteiger partial charge < -0.3 is 55.1 Å². The third-order valence-corrected chi connectivity index (χ3v) is 3.95. The average molecular weight is 342 g/mol. The molecule has 2 heterocycles. The number of aliphatic hydroxyl groups is 8. The second-order valence-corrected chi connectivity index (χ2v) is 5.53. The Morgan fingerprint density at radius 1 is 0.870 bits per heavy atom. The molecule has 0 spiro atoms. The maximum absolute atomic E-state index is 9.98. The Morgan fingerprint density at radius 3 is 2.09 bits per heavy atom. The van der Waals surface area contributed by atoms with Crippen LogP contribution in [0.5, 0.6) is 0 Å². The van der Waals surface area contributed by atoms with E-state index in [2.05, 4.69) is 0 Å². The molecule has 0 aliphatic carbocycles. The highest BCUT2D eigenvalue weighted by Gasteiger charge is 2.51. The minimum atomic E-state index is -1.75. The summed E-state index contributed by atoms with van der Waals surface area (Å²) in [6.45, 7) is -1.39. The van der Waals surface area contributed by atoms with E-state index >= 15 is 0 Å². The Hall–Kier alpha value is -0.440. The van der Waals surface area contributed by atoms with Crippen LogP contribution in [0, 0.1) is 0 Å². The number of ether oxygens (including phenoxy) is 3. The van der Waals surface area contributed by atoms with Crippen LogP contribution in [-0.4, -0.2) is 115 Å². The molecule has 0 saturated carbocycles. The van der Waals surface area contributed by atoms with Crippen molar-refractivity contribution in [2.24, 2.45) is 0 Å². The highest BCUT2D eigenvalue weighted by atomic mass is 16.7. The van der Waals surface area contributed by atoms with Gasteiger partial charge in [-0.05, 0) is 0 Å². The molecule has 0 aromatic carbocycles. The van der Waals surface area contributed by atoms with Gasteiger partial charge in [-0.3, -0.25) is 0 Å². The molecule has 8 N–H and O–H groups in total. The summed E-state index contributed by atoms with van der Waals surface area (Å²) in [7, 11) is 0. The third-order valence-electron chi connectivity index (χ3n) is 3.95. The maximum Gasteiger partial charge on any atom is 0.187 e. The zero-order valence-corrected chi connectivity index (χ0v) is 12.0. The number of rotatable bonds is 5. The standard InChI is InChI=1S/C12H22O11/c13-1-3(15)9-6(17)7(18)12(22-9)23-10-5(16)4(2-14)21-11(20)8(10)19/h3-20H,1-2H2/t3-,4-,5-,6-,7-,8+,9+,10+,11?,12+/m1/s1. The van der Waals surface area contributed by atoms with Crippen molar-refractivity contribution >= 4 is 0 Å². The summed E-state index contributed by atoms with van der Waals surface area (Å²) >= 11 is 0. The molecule has 2 rings (SSSR count). The van der Waals surface area contributed by atoms with Crippen molar-refractivity contribution in [1.82, 2.24) is 0 Å². The maximum atomic E-state index is 9.98. The van der Waals surface area contributed by atoms with Crippen LogP contribution in [0.4, 0.5) is 0 Å². The van der Waals surface area contributed by atoms with Gasteiger partial charge in [-0.2, -0.15) is 0 Å². The summed E-state index contributed by atoms with van der Waals surface area (Å²) in [5, 5.41) is 76.4. The van der Waals surface area contributed by atoms with Crippen LogP contribution >= 0.6 is 0 Å². The van der Waals surface area contributed by atoms with Gasteiger partial charge in [0, 0.05) is 0 Å². The van der Waals surface area contributed by atoms with E-state index in [9.17, 15) is 30.6 Å². The summed E-state index contributed by atoms with van der Waals surface area (Å²) < 4.78 is 15.1. The van der Waals surface area contributed by atoms with Crippen molar-refractivity contribution in [1.29, 1.82) is 0 Å². The lowest BCUT2D eigenvalue weighted by molar-refractivity contribution is -0.322. The zero-order chi connectivity index (χ0) is 17.3. The van der Waals surface area contributed by atoms with Crippen LogP contribution < -0.4 is 0 Å². The summed E-state index contributed by atoms with van der Waals surface area (Å²) in [6.07, 6.45) is -15.3. The minimum absolute atomic E-state index is 0.659. The van der Waals surface area contributed by atoms with Crippen LogP contribution in [0.25, 0.3) is 0 Å². The molecule has 11 nitrogen and oxygen atoms in total. The van der Waals surface area contributed by atoms with Gasteiger partial charge in [-0.25, -0.2) is 0 Å². The van der Waals surface area contributed by atoms with Crippen molar-refractivity contribution in [3.63, 3.8) is 0 Å². The van der Waals surface area contributed by atoms with Crippen molar-refractivity contribution in [3.8, 4) is 0 Å². The van der Waals surface area contributed by atoms with Gasteiger partial charge in [0.1, 0.15) is 48.8 Å². The Bertz CT molecular complexity index is 382. The second-order valence-electron chi connectivity index (χ2n) is 5.53. The molecule has 10 atom stereocenters. The van der Waals surface area contributed by atoms with Crippen LogP contribution in [0.3, 0.4) is 0 Å². The smallest absolute Gasteiger partial charge is 0.187 e. The molecule has 2 aliphatic heterocycles. The van der Waals surface area contributed by atoms with E-state index in [-0.39, 0.29) is 0 Å². The van der Waals surface area contributed by atoms with Crippen molar-refractivity contribution < 1.29 is 55.1 Å². The lowest BCUT2D eigenvalue weighted by Gasteiger charge is -2.41. The largest absolute Gasteiger partial charge is 0.394 e. The van der Waals surface area contributed by atoms with E-state index in [0.717, 1.165) is 0 Å². The van der Waals surface area contributed by atoms with Crippen molar-refractivity contribution in [2.75, 3.05) is 13.2 Å². The number of aliphatic hydroxyl groups excluding tert-OH is 8. The van der Waals surface area contributed by atoms with Crippen LogP contribution in [0.15, 0.2) is 0 Å². The quantitative estimate of drug-likeness (QED) is 0.238. The molecule has 0 radical (unpaired) electrons. The Morgan fingerprint density at radius 2 is 1.52 bits per heavy atom. The minimum Gasteiger partial charge on any atom is -0.394 e. The molecule has 2 aliphatic rings. The first-order valence-electron chi connectivity index (χ1n) is 7.08. The van der Waals surface area contributed by atoms with E-state index in [1.54, 1.807) is 0 Å². The predicted molar refractivity (Wildman–Crippen MR) is 68.6 cm³/mol. The zero-order valence-electron chi connectivity index (χ0n) is 12.0. The molecule has 0 bridgehead atoms. The van der Waals surface area contributed by atoms with E-state index in [4.69, 9.17) is 24.4 Å². The van der Waals surface area contributed by atoms with Gasteiger partial charge in [0.05, 0.1) is 13.2 Å². The van der Waals surface area contributed by atoms with Gasteiger partial charge in [0.25, 0.3) is 0 Å². The Kier molecular flexibility index (Phi) is 6.27. The van der Waals surface area contributed by atoms with Crippen molar-refractivity contribution in [3.05, 3.63) is 0 Å². The van der Waals surface area contributed by atoms with Crippen LogP contribution in [-0.2, 0) is 14.2 Å². The third kappa shape index (κ3) is 3.65. The first-order chi connectivity index (χ1) is 10.8. The molecular weight excluding hydrogens is 320 g/mol. The molecule has 0 aromatic heterocycles. The normalized spacial score (nSPS) is 49.3. The lowest BCUT2D eigenvalue weighted by atomic mass is 9.99. The highest BCUT2D eigenvalue weighted by molar-refractivity contribution is 4.94. The summed E-state index contributed by atoms with van der Waals surface area (Å²) in [5.74, 6) is 0. The second kappa shape index (κ2) is 7.63. The van der Waals surface area contributed by atoms with Crippen LogP contribution in [0.1, 0.15) is 0 Å². The summed E-state index contributed by atoms with van der Waals surface area (Å²) in [5.41, 5.74) is 0. The molecule has 2 fully saturated rings. The average Bonchev–Trinajstić information content (AvgIpc) is 2.82. The number of hydrogen-bond acceptors (Lipinski definition) is 11. The van der Waals surface area contributed by atoms with Gasteiger partial charge >= 0.3 is 0 Å². The molecule has 1 unspecified atom stereocenters. The highest BCUT2D eigenvalue weighted by Crippen LogP contribution is 2.29. The molecule has 11 heteroatoms. The fourth-order valence-electron chi connectivity index (χ4n) is 2.59. The molecular formula is C12H22O11. The molecule has 0 aromatic rings. The lowest BCUT2D eigenvalue weighted by Crippen LogP contribution is -2.60. The van der Waals surface area contributed by atoms with E-state index in [0.29, 0.717) is 0 Å². The Labute approximate surface area is 130 Å². The van der Waals surface area contributed by atoms with E-state index in [1.807, 2.05) is 0 Å². The first kappa shape index (κ1) is 18.9. The first-order valence-corrected chi connectivity index (χ1v) is 7.08. The summed E-state index contributed by atoms with van der Waals surface area (Å²) in [6, 6.07) is 0. The van der Waals surface area contributed by atoms with Gasteiger partial charge in [-0.1, -0.05) is 0 Å². The topological polar surface area (TPSA) is 190 Å². The summed E-state index contributed by atoms with van der Waals surface area (Å²) in [4.78, 5) is 0. The monoisotopic (exact) mass is 342 g/mol. The fraction of sp³-hybridized carbons (Fsp3) is 1.00. The van der Waals surface area contributed by atoms with Gasteiger partial charge in [-0.15, -0.1) is 0 Å². The molecule has 0 amide bonds. The predicted octanol–water partition coefficient (Wildman–Crippen LogP) is -5.40.